The van der Waals surface area contributed by atoms with Crippen LogP contribution in [0.1, 0.15) is 12.5 Å². The van der Waals surface area contributed by atoms with Gasteiger partial charge in [0.1, 0.15) is 4.90 Å². The predicted molar refractivity (Wildman–Crippen MR) is 116 cm³/mol. The van der Waals surface area contributed by atoms with E-state index < -0.39 is 10.0 Å². The molecule has 2 aromatic rings. The molecule has 0 saturated heterocycles. The molecule has 0 saturated carbocycles. The van der Waals surface area contributed by atoms with Crippen LogP contribution in [0.2, 0.25) is 0 Å². The summed E-state index contributed by atoms with van der Waals surface area (Å²) < 4.78 is 24.2. The number of para-hydroxylation sites is 1. The summed E-state index contributed by atoms with van der Waals surface area (Å²) in [5, 5.41) is 12.1. The molecule has 0 fully saturated rings. The molecule has 0 aromatic heterocycles. The second kappa shape index (κ2) is 7.95. The SMILES string of the molecule is CCN1C(=O)C(=NNC(=S)Nc2ccccc2S(N)(=O)=O)c2cc(Br)ccc21. The molecular weight excluding hydrogens is 466 g/mol. The summed E-state index contributed by atoms with van der Waals surface area (Å²) in [7, 11) is -3.93. The van der Waals surface area contributed by atoms with Crippen LogP contribution in [0.15, 0.2) is 56.9 Å². The van der Waals surface area contributed by atoms with E-state index in [9.17, 15) is 13.2 Å². The zero-order valence-corrected chi connectivity index (χ0v) is 17.9. The minimum Gasteiger partial charge on any atom is -0.330 e. The Kier molecular flexibility index (Phi) is 5.79. The lowest BCUT2D eigenvalue weighted by Gasteiger charge is -2.13. The number of hydrogen-bond acceptors (Lipinski definition) is 5. The van der Waals surface area contributed by atoms with Crippen molar-refractivity contribution in [3.8, 4) is 0 Å². The second-order valence-corrected chi connectivity index (χ2v) is 8.63. The van der Waals surface area contributed by atoms with Crippen molar-refractivity contribution in [3.05, 3.63) is 52.5 Å². The molecule has 0 unspecified atom stereocenters. The van der Waals surface area contributed by atoms with Crippen molar-refractivity contribution in [3.63, 3.8) is 0 Å². The lowest BCUT2D eigenvalue weighted by atomic mass is 10.1. The van der Waals surface area contributed by atoms with E-state index >= 15 is 0 Å². The fourth-order valence-electron chi connectivity index (χ4n) is 2.78. The highest BCUT2D eigenvalue weighted by molar-refractivity contribution is 9.10. The first-order valence-electron chi connectivity index (χ1n) is 8.10. The Bertz CT molecular complexity index is 1100. The van der Waals surface area contributed by atoms with Crippen molar-refractivity contribution >= 4 is 66.3 Å². The summed E-state index contributed by atoms with van der Waals surface area (Å²) >= 11 is 8.57. The first kappa shape index (κ1) is 20.4. The third-order valence-electron chi connectivity index (χ3n) is 3.98. The Morgan fingerprint density at radius 2 is 2.00 bits per heavy atom. The maximum Gasteiger partial charge on any atom is 0.279 e. The lowest BCUT2D eigenvalue weighted by Crippen LogP contribution is -2.32. The van der Waals surface area contributed by atoms with Crippen molar-refractivity contribution in [2.24, 2.45) is 10.2 Å². The van der Waals surface area contributed by atoms with Gasteiger partial charge in [0.2, 0.25) is 10.0 Å². The third kappa shape index (κ3) is 4.07. The number of nitrogens with one attached hydrogen (secondary N) is 2. The number of likely N-dealkylation sites (N-methyl/N-ethyl adjacent to an activating group) is 1. The van der Waals surface area contributed by atoms with Crippen LogP contribution in [-0.2, 0) is 14.8 Å². The quantitative estimate of drug-likeness (QED) is 0.454. The third-order valence-corrected chi connectivity index (χ3v) is 5.64. The number of carbonyl (C=O) groups excluding carboxylic acids is 1. The minimum absolute atomic E-state index is 0.0166. The van der Waals surface area contributed by atoms with Gasteiger partial charge in [0, 0.05) is 16.6 Å². The van der Waals surface area contributed by atoms with Crippen molar-refractivity contribution in [2.75, 3.05) is 16.8 Å². The van der Waals surface area contributed by atoms with E-state index in [1.165, 1.54) is 12.1 Å². The van der Waals surface area contributed by atoms with Crippen LogP contribution < -0.4 is 20.8 Å². The van der Waals surface area contributed by atoms with Crippen LogP contribution in [-0.4, -0.2) is 31.7 Å². The number of nitrogens with two attached hydrogens (primary N) is 1. The Hall–Kier alpha value is -2.34. The normalized spacial score (nSPS) is 14.9. The number of halogens is 1. The Morgan fingerprint density at radius 3 is 2.68 bits per heavy atom. The van der Waals surface area contributed by atoms with Crippen LogP contribution in [0.4, 0.5) is 11.4 Å². The van der Waals surface area contributed by atoms with Gasteiger partial charge in [-0.25, -0.2) is 13.6 Å². The largest absolute Gasteiger partial charge is 0.330 e. The van der Waals surface area contributed by atoms with E-state index in [-0.39, 0.29) is 27.3 Å². The fraction of sp³-hybridized carbons (Fsp3) is 0.118. The van der Waals surface area contributed by atoms with Crippen molar-refractivity contribution in [2.45, 2.75) is 11.8 Å². The maximum absolute atomic E-state index is 12.6. The van der Waals surface area contributed by atoms with Gasteiger partial charge >= 0.3 is 0 Å². The number of thiocarbonyl (C=S) groups is 1. The van der Waals surface area contributed by atoms with E-state index in [2.05, 4.69) is 31.8 Å². The molecule has 1 heterocycles. The molecule has 0 atom stereocenters. The Balaban J connectivity index is 1.84. The van der Waals surface area contributed by atoms with Crippen molar-refractivity contribution < 1.29 is 13.2 Å². The molecule has 4 N–H and O–H groups in total. The topological polar surface area (TPSA) is 117 Å². The van der Waals surface area contributed by atoms with Crippen LogP contribution >= 0.6 is 28.1 Å². The number of sulfonamides is 1. The van der Waals surface area contributed by atoms with Gasteiger partial charge in [0.05, 0.1) is 11.4 Å². The number of hydrogen-bond donors (Lipinski definition) is 3. The smallest absolute Gasteiger partial charge is 0.279 e. The first-order chi connectivity index (χ1) is 13.2. The first-order valence-corrected chi connectivity index (χ1v) is 10.9. The van der Waals surface area contributed by atoms with E-state index in [0.29, 0.717) is 12.1 Å². The summed E-state index contributed by atoms with van der Waals surface area (Å²) in [5.41, 5.74) is 4.44. The molecule has 11 heteroatoms. The van der Waals surface area contributed by atoms with E-state index in [0.717, 1.165) is 10.2 Å². The summed E-state index contributed by atoms with van der Waals surface area (Å²) in [6.45, 7) is 2.37. The van der Waals surface area contributed by atoms with Crippen LogP contribution in [0.25, 0.3) is 0 Å². The summed E-state index contributed by atoms with van der Waals surface area (Å²) in [6.07, 6.45) is 0. The molecule has 0 spiro atoms. The number of nitrogens with zero attached hydrogens (tertiary/aromatic N) is 2. The Labute approximate surface area is 176 Å². The van der Waals surface area contributed by atoms with E-state index in [4.69, 9.17) is 17.4 Å². The van der Waals surface area contributed by atoms with E-state index in [1.807, 2.05) is 19.1 Å². The number of benzene rings is 2. The number of amides is 1. The van der Waals surface area contributed by atoms with Crippen molar-refractivity contribution in [1.82, 2.24) is 5.43 Å². The van der Waals surface area contributed by atoms with Crippen LogP contribution in [0, 0.1) is 0 Å². The monoisotopic (exact) mass is 481 g/mol. The molecule has 2 aromatic carbocycles. The minimum atomic E-state index is -3.93. The molecule has 3 rings (SSSR count). The number of primary sulfonamides is 1. The number of rotatable bonds is 4. The number of anilines is 2. The lowest BCUT2D eigenvalue weighted by molar-refractivity contribution is -0.112. The molecule has 28 heavy (non-hydrogen) atoms. The molecule has 1 amide bonds. The molecule has 0 bridgehead atoms. The average molecular weight is 482 g/mol. The highest BCUT2D eigenvalue weighted by Crippen LogP contribution is 2.31. The number of carbonyl (C=O) groups is 1. The molecular formula is C17H16BrN5O3S2. The molecule has 8 nitrogen and oxygen atoms in total. The molecule has 1 aliphatic heterocycles. The summed E-state index contributed by atoms with van der Waals surface area (Å²) in [4.78, 5) is 14.1. The molecule has 0 radical (unpaired) electrons. The van der Waals surface area contributed by atoms with Crippen molar-refractivity contribution in [1.29, 1.82) is 0 Å². The van der Waals surface area contributed by atoms with Gasteiger partial charge in [-0.2, -0.15) is 5.10 Å². The molecule has 146 valence electrons. The zero-order chi connectivity index (χ0) is 20.5. The van der Waals surface area contributed by atoms with Gasteiger partial charge in [0.25, 0.3) is 5.91 Å². The zero-order valence-electron chi connectivity index (χ0n) is 14.6. The van der Waals surface area contributed by atoms with Gasteiger partial charge in [-0.1, -0.05) is 28.1 Å². The van der Waals surface area contributed by atoms with Crippen LogP contribution in [0.5, 0.6) is 0 Å². The molecule has 0 aliphatic carbocycles. The van der Waals surface area contributed by atoms with Gasteiger partial charge in [-0.15, -0.1) is 0 Å². The van der Waals surface area contributed by atoms with Gasteiger partial charge in [-0.3, -0.25) is 10.2 Å². The van der Waals surface area contributed by atoms with Gasteiger partial charge < -0.3 is 10.2 Å². The highest BCUT2D eigenvalue weighted by atomic mass is 79.9. The standard InChI is InChI=1S/C17H16BrN5O3S2/c1-2-23-13-8-7-10(18)9-11(13)15(16(23)24)21-22-17(27)20-12-5-3-4-6-14(12)28(19,25)26/h3-9H,2H2,1H3,(H2,19,25,26)(H2,20,22,27). The highest BCUT2D eigenvalue weighted by Gasteiger charge is 2.33. The predicted octanol–water partition coefficient (Wildman–Crippen LogP) is 2.15. The fourth-order valence-corrected chi connectivity index (χ4v) is 3.99. The molecule has 1 aliphatic rings. The number of fused-ring (bicyclic) bond motifs is 1. The number of hydrazone groups is 1. The van der Waals surface area contributed by atoms with Gasteiger partial charge in [0.15, 0.2) is 10.8 Å². The van der Waals surface area contributed by atoms with Crippen LogP contribution in [0.3, 0.4) is 0 Å². The van der Waals surface area contributed by atoms with E-state index in [1.54, 1.807) is 23.1 Å². The maximum atomic E-state index is 12.6. The Morgan fingerprint density at radius 1 is 1.29 bits per heavy atom. The average Bonchev–Trinajstić information content (AvgIpc) is 2.89. The second-order valence-electron chi connectivity index (χ2n) is 5.78. The summed E-state index contributed by atoms with van der Waals surface area (Å²) in [6, 6.07) is 11.6. The van der Waals surface area contributed by atoms with Gasteiger partial charge in [-0.05, 0) is 49.5 Å². The summed E-state index contributed by atoms with van der Waals surface area (Å²) in [5.74, 6) is -0.254.